The van der Waals surface area contributed by atoms with Crippen molar-refractivity contribution in [3.8, 4) is 0 Å². The predicted octanol–water partition coefficient (Wildman–Crippen LogP) is 3.30. The van der Waals surface area contributed by atoms with E-state index in [0.29, 0.717) is 18.8 Å². The summed E-state index contributed by atoms with van der Waals surface area (Å²) in [6, 6.07) is 17.1. The molecule has 0 amide bonds. The van der Waals surface area contributed by atoms with Crippen LogP contribution in [-0.2, 0) is 11.3 Å². The zero-order valence-electron chi connectivity index (χ0n) is 14.1. The number of para-hydroxylation sites is 2. The van der Waals surface area contributed by atoms with Gasteiger partial charge in [0.05, 0.1) is 11.0 Å². The van der Waals surface area contributed by atoms with Crippen LogP contribution in [0.25, 0.3) is 0 Å². The van der Waals surface area contributed by atoms with E-state index >= 15 is 0 Å². The smallest absolute Gasteiger partial charge is 0.292 e. The lowest BCUT2D eigenvalue weighted by Crippen LogP contribution is -2.35. The Hall–Kier alpha value is -2.44. The van der Waals surface area contributed by atoms with Crippen LogP contribution in [0.3, 0.4) is 0 Å². The highest BCUT2D eigenvalue weighted by Crippen LogP contribution is 2.23. The van der Waals surface area contributed by atoms with Crippen molar-refractivity contribution in [2.24, 2.45) is 0 Å². The standard InChI is InChI=1S/C19H23N3O3/c23-22(24)19-10-5-4-9-18(19)20-13-17-15-21(11-6-12-25-17)14-16-7-2-1-3-8-16/h1-5,7-10,17,20H,6,11-15H2. The van der Waals surface area contributed by atoms with Gasteiger partial charge >= 0.3 is 0 Å². The quantitative estimate of drug-likeness (QED) is 0.645. The van der Waals surface area contributed by atoms with Gasteiger partial charge in [-0.2, -0.15) is 0 Å². The van der Waals surface area contributed by atoms with E-state index in [1.54, 1.807) is 18.2 Å². The average Bonchev–Trinajstić information content (AvgIpc) is 2.86. The van der Waals surface area contributed by atoms with E-state index in [4.69, 9.17) is 4.74 Å². The monoisotopic (exact) mass is 341 g/mol. The molecule has 1 N–H and O–H groups in total. The van der Waals surface area contributed by atoms with Crippen molar-refractivity contribution in [2.75, 3.05) is 31.6 Å². The molecule has 2 aromatic rings. The fourth-order valence-corrected chi connectivity index (χ4v) is 3.08. The highest BCUT2D eigenvalue weighted by atomic mass is 16.6. The molecule has 25 heavy (non-hydrogen) atoms. The number of nitrogens with one attached hydrogen (secondary N) is 1. The molecule has 1 unspecified atom stereocenters. The second kappa shape index (κ2) is 8.60. The SMILES string of the molecule is O=[N+]([O-])c1ccccc1NCC1CN(Cc2ccccc2)CCCO1. The molecule has 1 aliphatic rings. The molecule has 0 saturated carbocycles. The third-order valence-electron chi connectivity index (χ3n) is 4.30. The third kappa shape index (κ3) is 5.01. The van der Waals surface area contributed by atoms with E-state index in [1.165, 1.54) is 11.6 Å². The first-order valence-corrected chi connectivity index (χ1v) is 8.57. The highest BCUT2D eigenvalue weighted by Gasteiger charge is 2.20. The van der Waals surface area contributed by atoms with Gasteiger partial charge in [-0.05, 0) is 18.1 Å². The van der Waals surface area contributed by atoms with Gasteiger partial charge in [-0.25, -0.2) is 0 Å². The molecule has 6 nitrogen and oxygen atoms in total. The Balaban J connectivity index is 1.59. The summed E-state index contributed by atoms with van der Waals surface area (Å²) in [7, 11) is 0. The van der Waals surface area contributed by atoms with Crippen molar-refractivity contribution in [1.82, 2.24) is 4.90 Å². The molecule has 1 fully saturated rings. The molecule has 1 heterocycles. The minimum absolute atomic E-state index is 0.00558. The van der Waals surface area contributed by atoms with Gasteiger partial charge in [-0.1, -0.05) is 42.5 Å². The van der Waals surface area contributed by atoms with Gasteiger partial charge in [0, 0.05) is 38.9 Å². The van der Waals surface area contributed by atoms with Crippen molar-refractivity contribution in [2.45, 2.75) is 19.1 Å². The Bertz CT molecular complexity index is 693. The molecule has 1 aliphatic heterocycles. The van der Waals surface area contributed by atoms with Crippen molar-refractivity contribution in [3.63, 3.8) is 0 Å². The van der Waals surface area contributed by atoms with Gasteiger partial charge in [0.15, 0.2) is 0 Å². The van der Waals surface area contributed by atoms with Crippen LogP contribution in [0.1, 0.15) is 12.0 Å². The number of hydrogen-bond acceptors (Lipinski definition) is 5. The first-order valence-electron chi connectivity index (χ1n) is 8.57. The van der Waals surface area contributed by atoms with Gasteiger partial charge in [-0.15, -0.1) is 0 Å². The van der Waals surface area contributed by atoms with Gasteiger partial charge < -0.3 is 10.1 Å². The van der Waals surface area contributed by atoms with Gasteiger partial charge in [0.1, 0.15) is 5.69 Å². The summed E-state index contributed by atoms with van der Waals surface area (Å²) < 4.78 is 5.92. The van der Waals surface area contributed by atoms with E-state index < -0.39 is 0 Å². The Morgan fingerprint density at radius 1 is 1.16 bits per heavy atom. The van der Waals surface area contributed by atoms with Crippen LogP contribution in [-0.4, -0.2) is 42.2 Å². The van der Waals surface area contributed by atoms with Gasteiger partial charge in [0.2, 0.25) is 0 Å². The number of rotatable bonds is 6. The van der Waals surface area contributed by atoms with Crippen LogP contribution in [0.2, 0.25) is 0 Å². The summed E-state index contributed by atoms with van der Waals surface area (Å²) in [6.45, 7) is 3.97. The van der Waals surface area contributed by atoms with E-state index in [9.17, 15) is 10.1 Å². The number of benzene rings is 2. The van der Waals surface area contributed by atoms with Gasteiger partial charge in [-0.3, -0.25) is 15.0 Å². The summed E-state index contributed by atoms with van der Waals surface area (Å²) >= 11 is 0. The average molecular weight is 341 g/mol. The van der Waals surface area contributed by atoms with E-state index in [0.717, 1.165) is 26.1 Å². The molecular weight excluding hydrogens is 318 g/mol. The topological polar surface area (TPSA) is 67.6 Å². The first-order chi connectivity index (χ1) is 12.2. The Kier molecular flexibility index (Phi) is 5.98. The van der Waals surface area contributed by atoms with Crippen molar-refractivity contribution in [3.05, 3.63) is 70.3 Å². The number of nitro benzene ring substituents is 1. The summed E-state index contributed by atoms with van der Waals surface area (Å²) in [5.41, 5.74) is 1.92. The molecule has 132 valence electrons. The molecule has 0 aliphatic carbocycles. The fourth-order valence-electron chi connectivity index (χ4n) is 3.08. The Morgan fingerprint density at radius 2 is 1.92 bits per heavy atom. The molecule has 0 spiro atoms. The lowest BCUT2D eigenvalue weighted by atomic mass is 10.2. The van der Waals surface area contributed by atoms with Crippen LogP contribution in [0, 0.1) is 10.1 Å². The lowest BCUT2D eigenvalue weighted by Gasteiger charge is -2.24. The number of nitrogens with zero attached hydrogens (tertiary/aromatic N) is 2. The van der Waals surface area contributed by atoms with Crippen molar-refractivity contribution >= 4 is 11.4 Å². The molecule has 1 atom stereocenters. The lowest BCUT2D eigenvalue weighted by molar-refractivity contribution is -0.384. The molecule has 0 aromatic heterocycles. The van der Waals surface area contributed by atoms with Crippen LogP contribution >= 0.6 is 0 Å². The number of hydrogen-bond donors (Lipinski definition) is 1. The van der Waals surface area contributed by atoms with Crippen molar-refractivity contribution < 1.29 is 9.66 Å². The predicted molar refractivity (Wildman–Crippen MR) is 97.7 cm³/mol. The molecular formula is C19H23N3O3. The largest absolute Gasteiger partial charge is 0.377 e. The second-order valence-electron chi connectivity index (χ2n) is 6.22. The Morgan fingerprint density at radius 3 is 2.72 bits per heavy atom. The number of nitro groups is 1. The maximum Gasteiger partial charge on any atom is 0.292 e. The van der Waals surface area contributed by atoms with Gasteiger partial charge in [0.25, 0.3) is 5.69 Å². The fraction of sp³-hybridized carbons (Fsp3) is 0.368. The van der Waals surface area contributed by atoms with E-state index in [-0.39, 0.29) is 16.7 Å². The van der Waals surface area contributed by atoms with Crippen LogP contribution < -0.4 is 5.32 Å². The maximum absolute atomic E-state index is 11.1. The second-order valence-corrected chi connectivity index (χ2v) is 6.22. The summed E-state index contributed by atoms with van der Waals surface area (Å²) in [5.74, 6) is 0. The molecule has 3 rings (SSSR count). The van der Waals surface area contributed by atoms with E-state index in [1.807, 2.05) is 6.07 Å². The number of anilines is 1. The maximum atomic E-state index is 11.1. The van der Waals surface area contributed by atoms with Crippen LogP contribution in [0.5, 0.6) is 0 Å². The van der Waals surface area contributed by atoms with Crippen LogP contribution in [0.4, 0.5) is 11.4 Å². The van der Waals surface area contributed by atoms with Crippen LogP contribution in [0.15, 0.2) is 54.6 Å². The summed E-state index contributed by atoms with van der Waals surface area (Å²) in [4.78, 5) is 13.1. The minimum Gasteiger partial charge on any atom is -0.377 e. The Labute approximate surface area is 147 Å². The third-order valence-corrected chi connectivity index (χ3v) is 4.30. The summed E-state index contributed by atoms with van der Waals surface area (Å²) in [6.07, 6.45) is 1.00. The number of ether oxygens (including phenoxy) is 1. The highest BCUT2D eigenvalue weighted by molar-refractivity contribution is 5.61. The molecule has 1 saturated heterocycles. The van der Waals surface area contributed by atoms with Crippen molar-refractivity contribution in [1.29, 1.82) is 0 Å². The molecule has 2 aromatic carbocycles. The zero-order chi connectivity index (χ0) is 17.5. The molecule has 0 bridgehead atoms. The molecule has 0 radical (unpaired) electrons. The van der Waals surface area contributed by atoms with E-state index in [2.05, 4.69) is 34.5 Å². The first kappa shape index (κ1) is 17.4. The normalized spacial score (nSPS) is 18.5. The minimum atomic E-state index is -0.363. The zero-order valence-corrected chi connectivity index (χ0v) is 14.1. The molecule has 6 heteroatoms. The summed E-state index contributed by atoms with van der Waals surface area (Å²) in [5, 5.41) is 14.3.